The fourth-order valence-corrected chi connectivity index (χ4v) is 6.33. The highest BCUT2D eigenvalue weighted by atomic mass is 16.8. The van der Waals surface area contributed by atoms with Gasteiger partial charge in [0.2, 0.25) is 0 Å². The topological polar surface area (TPSA) is 277 Å². The molecule has 22 heteroatoms. The van der Waals surface area contributed by atoms with E-state index in [1.807, 2.05) is 0 Å². The van der Waals surface area contributed by atoms with Gasteiger partial charge in [0.05, 0.1) is 12.2 Å². The number of carbonyl (C=O) groups is 8. The normalized spacial score (nSPS) is 35.4. The van der Waals surface area contributed by atoms with Crippen molar-refractivity contribution in [1.29, 1.82) is 0 Å². The van der Waals surface area contributed by atoms with Crippen LogP contribution in [0, 0.1) is 0 Å². The zero-order valence-corrected chi connectivity index (χ0v) is 32.4. The van der Waals surface area contributed by atoms with Crippen LogP contribution in [0.1, 0.15) is 69.2 Å². The van der Waals surface area contributed by atoms with E-state index in [9.17, 15) is 43.5 Å². The first-order valence-corrected chi connectivity index (χ1v) is 17.4. The molecule has 0 unspecified atom stereocenters. The summed E-state index contributed by atoms with van der Waals surface area (Å²) >= 11 is 0. The van der Waals surface area contributed by atoms with E-state index in [4.69, 9.17) is 61.6 Å². The van der Waals surface area contributed by atoms with Crippen LogP contribution < -0.4 is 0 Å². The number of ether oxygens (including phenoxy) is 13. The van der Waals surface area contributed by atoms with Crippen molar-refractivity contribution >= 4 is 47.8 Å². The van der Waals surface area contributed by atoms with Crippen LogP contribution in [0.3, 0.4) is 0 Å². The number of aliphatic hydroxyl groups excluding tert-OH is 1. The monoisotopic (exact) mass is 808 g/mol. The smallest absolute Gasteiger partial charge is 0.303 e. The maximum atomic E-state index is 12.7. The Hall–Kier alpha value is -4.48. The van der Waals surface area contributed by atoms with Crippen molar-refractivity contribution in [3.8, 4) is 0 Å². The molecular weight excluding hydrogens is 760 g/mol. The van der Waals surface area contributed by atoms with Crippen molar-refractivity contribution < 1.29 is 105 Å². The Morgan fingerprint density at radius 1 is 0.411 bits per heavy atom. The SMILES string of the molecule is CC(=O)OC[C@H]1O[C@H](O)[C@H](O[C@@H]2O[C@@H](C)[C@H](OC(C)=O)[C@@H](OC(C)=O)[C@H]2OC(C)=O)[C@@H](OC(C)=O)[C@H]1O[C@@H]1O[C@@H](C)[C@H](OC(C)=O)[C@@H](OC(C)=O)[C@H]1OC(C)=O. The van der Waals surface area contributed by atoms with Crippen LogP contribution in [0.25, 0.3) is 0 Å². The summed E-state index contributed by atoms with van der Waals surface area (Å²) in [6, 6.07) is 0. The predicted octanol–water partition coefficient (Wildman–Crippen LogP) is -0.951. The lowest BCUT2D eigenvalue weighted by molar-refractivity contribution is -0.380. The third-order valence-electron chi connectivity index (χ3n) is 8.21. The zero-order chi connectivity index (χ0) is 42.2. The molecular formula is C34H48O22. The van der Waals surface area contributed by atoms with Crippen molar-refractivity contribution in [3.63, 3.8) is 0 Å². The first kappa shape index (κ1) is 45.9. The summed E-state index contributed by atoms with van der Waals surface area (Å²) in [5.41, 5.74) is 0. The van der Waals surface area contributed by atoms with Gasteiger partial charge in [0, 0.05) is 55.4 Å². The molecule has 3 aliphatic rings. The Bertz CT molecular complexity index is 1460. The summed E-state index contributed by atoms with van der Waals surface area (Å²) in [6.45, 7) is 10.6. The van der Waals surface area contributed by atoms with Crippen LogP contribution in [0.2, 0.25) is 0 Å². The molecule has 15 atom stereocenters. The molecule has 3 aliphatic heterocycles. The molecule has 3 saturated heterocycles. The number of rotatable bonds is 13. The Morgan fingerprint density at radius 3 is 1.05 bits per heavy atom. The van der Waals surface area contributed by atoms with Crippen LogP contribution in [0.15, 0.2) is 0 Å². The van der Waals surface area contributed by atoms with Crippen LogP contribution in [-0.2, 0) is 99.9 Å². The molecule has 316 valence electrons. The molecule has 0 aromatic carbocycles. The summed E-state index contributed by atoms with van der Waals surface area (Å²) in [7, 11) is 0. The Kier molecular flexibility index (Phi) is 16.5. The average molecular weight is 809 g/mol. The standard InChI is InChI=1S/C34H48O22/c1-12-23(47-15(4)36)26(49-17(6)38)30(52-20(9)41)33(45-12)55-25-22(11-44-14(3)35)54-32(43)29(28(25)51-19(8)40)56-34-31(53-21(10)42)27(50-18(7)39)24(13(2)46-34)48-16(5)37/h12-13,22-34,43H,11H2,1-10H3/t12-,13-,22+,23-,24-,25-,26+,27+,28-,29+,30+,31+,32-,33-,34-/m0/s1. The maximum Gasteiger partial charge on any atom is 0.303 e. The van der Waals surface area contributed by atoms with Crippen molar-refractivity contribution in [3.05, 3.63) is 0 Å². The highest BCUT2D eigenvalue weighted by Gasteiger charge is 2.58. The fraction of sp³-hybridized carbons (Fsp3) is 0.765. The first-order valence-electron chi connectivity index (χ1n) is 17.4. The van der Waals surface area contributed by atoms with Crippen LogP contribution in [0.5, 0.6) is 0 Å². The summed E-state index contributed by atoms with van der Waals surface area (Å²) in [6.07, 6.45) is -23.7. The predicted molar refractivity (Wildman–Crippen MR) is 175 cm³/mol. The molecule has 0 aromatic rings. The molecule has 1 N–H and O–H groups in total. The fourth-order valence-electron chi connectivity index (χ4n) is 6.33. The second-order valence-corrected chi connectivity index (χ2v) is 13.0. The number of hydrogen-bond donors (Lipinski definition) is 1. The molecule has 0 bridgehead atoms. The molecule has 0 aliphatic carbocycles. The van der Waals surface area contributed by atoms with E-state index in [2.05, 4.69) is 0 Å². The summed E-state index contributed by atoms with van der Waals surface area (Å²) in [5, 5.41) is 11.4. The molecule has 0 aromatic heterocycles. The molecule has 3 rings (SSSR count). The molecule has 3 heterocycles. The van der Waals surface area contributed by atoms with Gasteiger partial charge in [-0.3, -0.25) is 38.4 Å². The van der Waals surface area contributed by atoms with Crippen LogP contribution >= 0.6 is 0 Å². The van der Waals surface area contributed by atoms with E-state index in [1.54, 1.807) is 0 Å². The van der Waals surface area contributed by atoms with E-state index < -0.39 is 146 Å². The van der Waals surface area contributed by atoms with Gasteiger partial charge < -0.3 is 66.7 Å². The Labute approximate surface area is 320 Å². The van der Waals surface area contributed by atoms with Gasteiger partial charge >= 0.3 is 47.8 Å². The third-order valence-corrected chi connectivity index (χ3v) is 8.21. The van der Waals surface area contributed by atoms with Gasteiger partial charge in [-0.05, 0) is 13.8 Å². The minimum absolute atomic E-state index is 0.642. The van der Waals surface area contributed by atoms with Crippen LogP contribution in [0.4, 0.5) is 0 Å². The van der Waals surface area contributed by atoms with Gasteiger partial charge in [0.25, 0.3) is 0 Å². The van der Waals surface area contributed by atoms with Crippen LogP contribution in [-0.4, -0.2) is 152 Å². The summed E-state index contributed by atoms with van der Waals surface area (Å²) in [4.78, 5) is 97.7. The Balaban J connectivity index is 2.14. The van der Waals surface area contributed by atoms with Crippen molar-refractivity contribution in [2.45, 2.75) is 161 Å². The van der Waals surface area contributed by atoms with Crippen molar-refractivity contribution in [1.82, 2.24) is 0 Å². The lowest BCUT2D eigenvalue weighted by atomic mass is 9.95. The largest absolute Gasteiger partial charge is 0.463 e. The lowest BCUT2D eigenvalue weighted by Gasteiger charge is -2.49. The molecule has 22 nitrogen and oxygen atoms in total. The quantitative estimate of drug-likeness (QED) is 0.173. The van der Waals surface area contributed by atoms with Crippen molar-refractivity contribution in [2.24, 2.45) is 0 Å². The number of aliphatic hydroxyl groups is 1. The number of hydrogen-bond acceptors (Lipinski definition) is 22. The van der Waals surface area contributed by atoms with Gasteiger partial charge in [-0.15, -0.1) is 0 Å². The Morgan fingerprint density at radius 2 is 0.714 bits per heavy atom. The molecule has 0 saturated carbocycles. The average Bonchev–Trinajstić information content (AvgIpc) is 3.04. The van der Waals surface area contributed by atoms with Gasteiger partial charge in [-0.25, -0.2) is 0 Å². The van der Waals surface area contributed by atoms with Crippen molar-refractivity contribution in [2.75, 3.05) is 6.61 Å². The lowest BCUT2D eigenvalue weighted by Crippen LogP contribution is -2.68. The second-order valence-electron chi connectivity index (χ2n) is 13.0. The number of carbonyl (C=O) groups excluding carboxylic acids is 8. The minimum atomic E-state index is -2.06. The van der Waals surface area contributed by atoms with E-state index in [0.29, 0.717) is 0 Å². The molecule has 0 amide bonds. The van der Waals surface area contributed by atoms with E-state index in [1.165, 1.54) is 13.8 Å². The first-order chi connectivity index (χ1) is 26.1. The van der Waals surface area contributed by atoms with Gasteiger partial charge in [-0.1, -0.05) is 0 Å². The summed E-state index contributed by atoms with van der Waals surface area (Å²) < 4.78 is 73.3. The highest BCUT2D eigenvalue weighted by molar-refractivity contribution is 5.69. The van der Waals surface area contributed by atoms with E-state index in [0.717, 1.165) is 55.4 Å². The maximum absolute atomic E-state index is 12.7. The third kappa shape index (κ3) is 12.5. The molecule has 0 radical (unpaired) electrons. The molecule has 56 heavy (non-hydrogen) atoms. The van der Waals surface area contributed by atoms with E-state index in [-0.39, 0.29) is 0 Å². The second kappa shape index (κ2) is 20.1. The highest BCUT2D eigenvalue weighted by Crippen LogP contribution is 2.37. The zero-order valence-electron chi connectivity index (χ0n) is 32.4. The van der Waals surface area contributed by atoms with Gasteiger partial charge in [0.15, 0.2) is 67.7 Å². The molecule has 3 fully saturated rings. The summed E-state index contributed by atoms with van der Waals surface area (Å²) in [5.74, 6) is -6.93. The van der Waals surface area contributed by atoms with Gasteiger partial charge in [-0.2, -0.15) is 0 Å². The van der Waals surface area contributed by atoms with Gasteiger partial charge in [0.1, 0.15) is 18.8 Å². The van der Waals surface area contributed by atoms with E-state index >= 15 is 0 Å². The molecule has 0 spiro atoms. The minimum Gasteiger partial charge on any atom is -0.463 e. The number of esters is 8.